The predicted octanol–water partition coefficient (Wildman–Crippen LogP) is -8.88. The fourth-order valence-corrected chi connectivity index (χ4v) is 0. The molecule has 0 aliphatic rings. The molecule has 0 atom stereocenters. The van der Waals surface area contributed by atoms with Gasteiger partial charge in [-0.2, -0.15) is 0 Å². The van der Waals surface area contributed by atoms with E-state index in [1.807, 2.05) is 0 Å². The van der Waals surface area contributed by atoms with Crippen LogP contribution in [-0.4, -0.2) is 34.8 Å². The van der Waals surface area contributed by atoms with Gasteiger partial charge in [0.2, 0.25) is 0 Å². The number of rotatable bonds is 0. The molecule has 0 aromatic heterocycles. The molecular formula is H6B2Na2O5. The fourth-order valence-electron chi connectivity index (χ4n) is 0. The third kappa shape index (κ3) is 215. The molecule has 0 aliphatic heterocycles. The van der Waals surface area contributed by atoms with Crippen molar-refractivity contribution in [3.63, 3.8) is 0 Å². The normalized spacial score (nSPS) is 3.89. The Labute approximate surface area is 100 Å². The smallest absolute Gasteiger partial charge is 1.00 e. The van der Waals surface area contributed by atoms with Crippen LogP contribution in [0.25, 0.3) is 0 Å². The van der Waals surface area contributed by atoms with E-state index in [1.54, 1.807) is 0 Å². The summed E-state index contributed by atoms with van der Waals surface area (Å²) in [6, 6.07) is 0. The summed E-state index contributed by atoms with van der Waals surface area (Å²) in [6.45, 7) is 0. The molecule has 0 aliphatic carbocycles. The minimum absolute atomic E-state index is 0. The van der Waals surface area contributed by atoms with Crippen LogP contribution < -0.4 is 59.1 Å². The summed E-state index contributed by atoms with van der Waals surface area (Å²) in [5.41, 5.74) is 0. The van der Waals surface area contributed by atoms with Crippen LogP contribution in [0.15, 0.2) is 0 Å². The Morgan fingerprint density at radius 2 is 1.22 bits per heavy atom. The van der Waals surface area contributed by atoms with Gasteiger partial charge in [-0.05, 0) is 0 Å². The average molecular weight is 154 g/mol. The maximum absolute atomic E-state index is 8.36. The molecular weight excluding hydrogens is 148 g/mol. The van der Waals surface area contributed by atoms with Gasteiger partial charge >= 0.3 is 83.5 Å². The zero-order chi connectivity index (χ0) is 6.28. The summed E-state index contributed by atoms with van der Waals surface area (Å²) in [6.07, 6.45) is 0. The zero-order valence-electron chi connectivity index (χ0n) is 7.35. The van der Waals surface area contributed by atoms with Gasteiger partial charge in [-0.15, -0.1) is 0 Å². The molecule has 0 spiro atoms. The second kappa shape index (κ2) is 22.6. The van der Waals surface area contributed by atoms with E-state index in [9.17, 15) is 0 Å². The van der Waals surface area contributed by atoms with E-state index < -0.39 is 7.32 Å². The second-order valence-corrected chi connectivity index (χ2v) is 0.452. The minimum Gasteiger partial charge on any atom is -1.00 e. The molecule has 0 unspecified atom stereocenters. The SMILES string of the molecule is O=BO.OB(O)O.[H-].[H-].[Na+].[Na+]. The maximum Gasteiger partial charge on any atom is 1.00 e. The monoisotopic (exact) mass is 154 g/mol. The third-order valence-electron chi connectivity index (χ3n) is 0. The third-order valence-corrected chi connectivity index (χ3v) is 0. The molecule has 0 saturated heterocycles. The molecule has 0 heterocycles. The molecule has 0 rings (SSSR count). The van der Waals surface area contributed by atoms with Crippen LogP contribution in [0.2, 0.25) is 0 Å². The van der Waals surface area contributed by atoms with E-state index >= 15 is 0 Å². The van der Waals surface area contributed by atoms with Crippen molar-refractivity contribution in [2.45, 2.75) is 0 Å². The summed E-state index contributed by atoms with van der Waals surface area (Å²) in [7, 11) is -2.42. The van der Waals surface area contributed by atoms with Crippen molar-refractivity contribution in [2.75, 3.05) is 0 Å². The van der Waals surface area contributed by atoms with E-state index in [0.717, 1.165) is 0 Å². The second-order valence-electron chi connectivity index (χ2n) is 0.452. The van der Waals surface area contributed by atoms with Gasteiger partial charge < -0.3 is 17.9 Å². The molecule has 0 aromatic rings. The maximum atomic E-state index is 8.36. The van der Waals surface area contributed by atoms with E-state index in [2.05, 4.69) is 0 Å². The first-order valence-corrected chi connectivity index (χ1v) is 1.27. The molecule has 0 saturated carbocycles. The molecule has 0 amide bonds. The van der Waals surface area contributed by atoms with Gasteiger partial charge in [-0.1, -0.05) is 0 Å². The molecule has 5 nitrogen and oxygen atoms in total. The Bertz CT molecular complexity index is 44.7. The van der Waals surface area contributed by atoms with E-state index in [4.69, 9.17) is 24.8 Å². The Kier molecular flexibility index (Phi) is 56.4. The summed E-state index contributed by atoms with van der Waals surface area (Å²) in [5.74, 6) is 0. The zero-order valence-corrected chi connectivity index (χ0v) is 9.35. The first kappa shape index (κ1) is 22.4. The van der Waals surface area contributed by atoms with Gasteiger partial charge in [0.25, 0.3) is 0 Å². The summed E-state index contributed by atoms with van der Waals surface area (Å²) in [5, 5.41) is 28.4. The van der Waals surface area contributed by atoms with Gasteiger partial charge in [0.1, 0.15) is 0 Å². The van der Waals surface area contributed by atoms with Gasteiger partial charge in [0, 0.05) is 0 Å². The molecule has 0 radical (unpaired) electrons. The van der Waals surface area contributed by atoms with Gasteiger partial charge in [0.15, 0.2) is 0 Å². The van der Waals surface area contributed by atoms with Crippen LogP contribution in [-0.2, 0) is 4.70 Å². The van der Waals surface area contributed by atoms with Crippen molar-refractivity contribution < 1.29 is 86.8 Å². The van der Waals surface area contributed by atoms with Gasteiger partial charge in [-0.25, -0.2) is 0 Å². The molecule has 0 aromatic carbocycles. The molecule has 44 valence electrons. The van der Waals surface area contributed by atoms with E-state index in [0.29, 0.717) is 0 Å². The van der Waals surface area contributed by atoms with E-state index in [-0.39, 0.29) is 69.3 Å². The van der Waals surface area contributed by atoms with Gasteiger partial charge in [-0.3, -0.25) is 0 Å². The predicted molar refractivity (Wildman–Crippen MR) is 23.3 cm³/mol. The van der Waals surface area contributed by atoms with Crippen LogP contribution in [0.1, 0.15) is 2.85 Å². The Balaban J connectivity index is -0.00000000848. The molecule has 0 bridgehead atoms. The summed E-state index contributed by atoms with van der Waals surface area (Å²) < 4.78 is 8.36. The van der Waals surface area contributed by atoms with Crippen molar-refractivity contribution in [1.82, 2.24) is 0 Å². The minimum atomic E-state index is -2.17. The topological polar surface area (TPSA) is 98.0 Å². The number of hydrogen-bond acceptors (Lipinski definition) is 4. The largest absolute Gasteiger partial charge is 1.00 e. The summed E-state index contributed by atoms with van der Waals surface area (Å²) >= 11 is 0. The van der Waals surface area contributed by atoms with Crippen molar-refractivity contribution in [3.05, 3.63) is 0 Å². The Morgan fingerprint density at radius 3 is 1.22 bits per heavy atom. The van der Waals surface area contributed by atoms with E-state index in [1.165, 1.54) is 0 Å². The average Bonchev–Trinajstić information content (AvgIpc) is 1.33. The Hall–Kier alpha value is 1.61. The van der Waals surface area contributed by atoms with Crippen molar-refractivity contribution in [3.8, 4) is 0 Å². The van der Waals surface area contributed by atoms with Gasteiger partial charge in [0.05, 0.1) is 0 Å². The van der Waals surface area contributed by atoms with Crippen LogP contribution in [0, 0.1) is 0 Å². The molecule has 0 fully saturated rings. The molecule has 9 heavy (non-hydrogen) atoms. The quantitative estimate of drug-likeness (QED) is 0.259. The fraction of sp³-hybridized carbons (Fsp3) is 0. The molecule has 4 N–H and O–H groups in total. The van der Waals surface area contributed by atoms with Crippen molar-refractivity contribution >= 4 is 14.7 Å². The van der Waals surface area contributed by atoms with Crippen molar-refractivity contribution in [1.29, 1.82) is 0 Å². The first-order chi connectivity index (χ1) is 3.15. The summed E-state index contributed by atoms with van der Waals surface area (Å²) in [4.78, 5) is 0. The van der Waals surface area contributed by atoms with Crippen LogP contribution in [0.4, 0.5) is 0 Å². The van der Waals surface area contributed by atoms with Crippen LogP contribution >= 0.6 is 0 Å². The van der Waals surface area contributed by atoms with Crippen LogP contribution in [0.5, 0.6) is 0 Å². The van der Waals surface area contributed by atoms with Crippen LogP contribution in [0.3, 0.4) is 0 Å². The Morgan fingerprint density at radius 1 is 1.22 bits per heavy atom. The molecule has 9 heteroatoms. The first-order valence-electron chi connectivity index (χ1n) is 1.27. The standard InChI is InChI=1S/BH3O3.BHO2.2Na.2H/c2-1(3)4;2-1-3;;;;/h2-4H;2H;;;;/q;;2*+1;2*-1. The van der Waals surface area contributed by atoms with Crippen molar-refractivity contribution in [2.24, 2.45) is 0 Å². The number of hydrogen-bond donors (Lipinski definition) is 4.